The van der Waals surface area contributed by atoms with E-state index in [9.17, 15) is 0 Å². The normalized spacial score (nSPS) is 11.0. The van der Waals surface area contributed by atoms with E-state index in [1.165, 1.54) is 5.39 Å². The third-order valence-corrected chi connectivity index (χ3v) is 4.22. The Labute approximate surface area is 134 Å². The van der Waals surface area contributed by atoms with Crippen LogP contribution in [0.3, 0.4) is 0 Å². The second kappa shape index (κ2) is 6.20. The number of aryl methyl sites for hydroxylation is 1. The molecule has 2 heterocycles. The van der Waals surface area contributed by atoms with E-state index in [1.807, 2.05) is 12.1 Å². The van der Waals surface area contributed by atoms with Crippen LogP contribution >= 0.6 is 11.3 Å². The maximum atomic E-state index is 8.83. The second-order valence-corrected chi connectivity index (χ2v) is 6.36. The summed E-state index contributed by atoms with van der Waals surface area (Å²) in [6.45, 7) is 4.92. The van der Waals surface area contributed by atoms with Crippen molar-refractivity contribution in [3.63, 3.8) is 0 Å². The predicted octanol–water partition coefficient (Wildman–Crippen LogP) is 4.50. The summed E-state index contributed by atoms with van der Waals surface area (Å²) in [5.74, 6) is 0. The lowest BCUT2D eigenvalue weighted by atomic mass is 10.1. The number of nitriles is 1. The molecule has 0 unspecified atom stereocenters. The Morgan fingerprint density at radius 1 is 1.36 bits per heavy atom. The number of thiazole rings is 1. The zero-order valence-electron chi connectivity index (χ0n) is 12.7. The van der Waals surface area contributed by atoms with E-state index < -0.39 is 0 Å². The minimum atomic E-state index is 0.371. The van der Waals surface area contributed by atoms with Gasteiger partial charge in [0.2, 0.25) is 0 Å². The summed E-state index contributed by atoms with van der Waals surface area (Å²) < 4.78 is 2.14. The number of nitrogens with one attached hydrogen (secondary N) is 1. The number of anilines is 1. The molecule has 0 fully saturated rings. The highest BCUT2D eigenvalue weighted by Gasteiger charge is 2.13. The Bertz CT molecular complexity index is 823. The number of aromatic nitrogens is 2. The van der Waals surface area contributed by atoms with Crippen LogP contribution in [0.25, 0.3) is 22.2 Å². The van der Waals surface area contributed by atoms with Crippen molar-refractivity contribution >= 4 is 27.4 Å². The summed E-state index contributed by atoms with van der Waals surface area (Å²) in [5.41, 5.74) is 3.26. The summed E-state index contributed by atoms with van der Waals surface area (Å²) in [6, 6.07) is 10.9. The van der Waals surface area contributed by atoms with Gasteiger partial charge in [-0.3, -0.25) is 0 Å². The summed E-state index contributed by atoms with van der Waals surface area (Å²) >= 11 is 1.62. The van der Waals surface area contributed by atoms with E-state index in [-0.39, 0.29) is 0 Å². The predicted molar refractivity (Wildman–Crippen MR) is 92.0 cm³/mol. The molecule has 0 aliphatic rings. The number of benzene rings is 1. The zero-order valence-corrected chi connectivity index (χ0v) is 13.5. The van der Waals surface area contributed by atoms with E-state index in [0.29, 0.717) is 19.0 Å². The fraction of sp³-hybridized carbons (Fsp3) is 0.294. The largest absolute Gasteiger partial charge is 0.359 e. The fourth-order valence-corrected chi connectivity index (χ4v) is 3.37. The minimum Gasteiger partial charge on any atom is -0.359 e. The molecular weight excluding hydrogens is 292 g/mol. The van der Waals surface area contributed by atoms with Gasteiger partial charge in [-0.05, 0) is 19.9 Å². The van der Waals surface area contributed by atoms with Crippen LogP contribution in [0.4, 0.5) is 5.13 Å². The molecule has 0 atom stereocenters. The van der Waals surface area contributed by atoms with Crippen LogP contribution in [-0.2, 0) is 6.54 Å². The van der Waals surface area contributed by atoms with Gasteiger partial charge in [-0.1, -0.05) is 18.2 Å². The highest BCUT2D eigenvalue weighted by molar-refractivity contribution is 7.14. The molecule has 3 rings (SSSR count). The molecule has 0 saturated carbocycles. The highest BCUT2D eigenvalue weighted by Crippen LogP contribution is 2.32. The van der Waals surface area contributed by atoms with Gasteiger partial charge < -0.3 is 9.88 Å². The van der Waals surface area contributed by atoms with Crippen LogP contribution < -0.4 is 5.32 Å². The first-order chi connectivity index (χ1) is 10.7. The molecule has 0 aliphatic carbocycles. The van der Waals surface area contributed by atoms with Crippen molar-refractivity contribution < 1.29 is 0 Å². The highest BCUT2D eigenvalue weighted by atomic mass is 32.1. The smallest absolute Gasteiger partial charge is 0.183 e. The second-order valence-electron chi connectivity index (χ2n) is 5.50. The molecule has 22 heavy (non-hydrogen) atoms. The molecule has 0 spiro atoms. The van der Waals surface area contributed by atoms with Crippen LogP contribution in [0.1, 0.15) is 20.3 Å². The number of fused-ring (bicyclic) bond motifs is 1. The fourth-order valence-electron chi connectivity index (χ4n) is 2.52. The van der Waals surface area contributed by atoms with Crippen LogP contribution in [0.5, 0.6) is 0 Å². The Hall–Kier alpha value is -2.32. The molecule has 0 bridgehead atoms. The van der Waals surface area contributed by atoms with Crippen LogP contribution in [-0.4, -0.2) is 15.6 Å². The lowest BCUT2D eigenvalue weighted by Gasteiger charge is -2.04. The molecular formula is C17H18N4S. The van der Waals surface area contributed by atoms with Gasteiger partial charge in [0, 0.05) is 40.6 Å². The van der Waals surface area contributed by atoms with Gasteiger partial charge in [0.05, 0.1) is 18.2 Å². The zero-order chi connectivity index (χ0) is 15.5. The molecule has 5 heteroatoms. The first-order valence-corrected chi connectivity index (χ1v) is 8.24. The quantitative estimate of drug-likeness (QED) is 0.755. The number of hydrogen-bond donors (Lipinski definition) is 1. The lowest BCUT2D eigenvalue weighted by Crippen LogP contribution is -2.08. The average Bonchev–Trinajstić information content (AvgIpc) is 3.09. The molecule has 0 radical (unpaired) electrons. The Balaban J connectivity index is 2.03. The first-order valence-electron chi connectivity index (χ1n) is 7.36. The lowest BCUT2D eigenvalue weighted by molar-refractivity contribution is 0.745. The molecule has 0 amide bonds. The van der Waals surface area contributed by atoms with Gasteiger partial charge >= 0.3 is 0 Å². The average molecular weight is 310 g/mol. The molecule has 1 aromatic carbocycles. The van der Waals surface area contributed by atoms with E-state index >= 15 is 0 Å². The molecule has 1 N–H and O–H groups in total. The summed E-state index contributed by atoms with van der Waals surface area (Å²) in [4.78, 5) is 4.69. The van der Waals surface area contributed by atoms with Crippen molar-refractivity contribution in [1.82, 2.24) is 9.55 Å². The van der Waals surface area contributed by atoms with Crippen molar-refractivity contribution in [2.45, 2.75) is 32.9 Å². The Morgan fingerprint density at radius 2 is 2.18 bits per heavy atom. The van der Waals surface area contributed by atoms with Gasteiger partial charge in [-0.15, -0.1) is 11.3 Å². The summed E-state index contributed by atoms with van der Waals surface area (Å²) in [6.07, 6.45) is 2.62. The van der Waals surface area contributed by atoms with Gasteiger partial charge in [0.1, 0.15) is 0 Å². The van der Waals surface area contributed by atoms with Crippen molar-refractivity contribution in [2.75, 3.05) is 5.32 Å². The molecule has 0 aliphatic heterocycles. The third kappa shape index (κ3) is 2.83. The Kier molecular flexibility index (Phi) is 4.12. The van der Waals surface area contributed by atoms with Gasteiger partial charge in [-0.25, -0.2) is 4.98 Å². The third-order valence-electron chi connectivity index (χ3n) is 3.45. The van der Waals surface area contributed by atoms with Crippen LogP contribution in [0.2, 0.25) is 0 Å². The van der Waals surface area contributed by atoms with Gasteiger partial charge in [0.25, 0.3) is 0 Å². The molecule has 2 aromatic heterocycles. The van der Waals surface area contributed by atoms with E-state index in [0.717, 1.165) is 21.9 Å². The van der Waals surface area contributed by atoms with Gasteiger partial charge in [-0.2, -0.15) is 5.26 Å². The molecule has 3 aromatic rings. The van der Waals surface area contributed by atoms with Crippen molar-refractivity contribution in [2.24, 2.45) is 0 Å². The van der Waals surface area contributed by atoms with Crippen LogP contribution in [0.15, 0.2) is 35.8 Å². The number of rotatable bonds is 5. The number of para-hydroxylation sites is 1. The van der Waals surface area contributed by atoms with Crippen molar-refractivity contribution in [3.05, 3.63) is 35.8 Å². The number of hydrogen-bond acceptors (Lipinski definition) is 4. The Morgan fingerprint density at radius 3 is 2.95 bits per heavy atom. The summed E-state index contributed by atoms with van der Waals surface area (Å²) in [7, 11) is 0. The number of nitrogens with zero attached hydrogens (tertiary/aromatic N) is 3. The van der Waals surface area contributed by atoms with Crippen molar-refractivity contribution in [1.29, 1.82) is 5.26 Å². The van der Waals surface area contributed by atoms with E-state index in [2.05, 4.69) is 53.5 Å². The van der Waals surface area contributed by atoms with Crippen LogP contribution in [0, 0.1) is 11.3 Å². The molecule has 112 valence electrons. The molecule has 4 nitrogen and oxygen atoms in total. The molecule has 0 saturated heterocycles. The maximum absolute atomic E-state index is 8.83. The van der Waals surface area contributed by atoms with E-state index in [1.54, 1.807) is 11.3 Å². The van der Waals surface area contributed by atoms with E-state index in [4.69, 9.17) is 10.2 Å². The minimum absolute atomic E-state index is 0.371. The maximum Gasteiger partial charge on any atom is 0.183 e. The monoisotopic (exact) mass is 310 g/mol. The summed E-state index contributed by atoms with van der Waals surface area (Å²) in [5, 5.41) is 16.4. The van der Waals surface area contributed by atoms with Crippen molar-refractivity contribution in [3.8, 4) is 17.3 Å². The van der Waals surface area contributed by atoms with Gasteiger partial charge in [0.15, 0.2) is 5.13 Å². The SMILES string of the molecule is CC(C)Nc1nc(-c2cn(CCC#N)c3ccccc23)cs1. The topological polar surface area (TPSA) is 53.6 Å². The standard InChI is InChI=1S/C17H18N4S/c1-12(2)19-17-20-15(11-22-17)14-10-21(9-5-8-18)16-7-4-3-6-13(14)16/h3-4,6-7,10-12H,5,9H2,1-2H3,(H,19,20). The first kappa shape index (κ1) is 14.6.